The maximum Gasteiger partial charge on any atom is 0.271 e. The first kappa shape index (κ1) is 17.1. The highest BCUT2D eigenvalue weighted by Crippen LogP contribution is 2.35. The average Bonchev–Trinajstić information content (AvgIpc) is 3.21. The summed E-state index contributed by atoms with van der Waals surface area (Å²) in [5.74, 6) is 0.930. The molecule has 24 heavy (non-hydrogen) atoms. The van der Waals surface area contributed by atoms with Gasteiger partial charge in [-0.05, 0) is 66.4 Å². The number of carbonyl (C=O) groups excluding carboxylic acids is 1. The van der Waals surface area contributed by atoms with Gasteiger partial charge in [-0.25, -0.2) is 0 Å². The molecule has 1 aliphatic rings. The van der Waals surface area contributed by atoms with Crippen LogP contribution in [0.25, 0.3) is 0 Å². The van der Waals surface area contributed by atoms with Crippen molar-refractivity contribution in [3.63, 3.8) is 0 Å². The molecule has 0 spiro atoms. The van der Waals surface area contributed by atoms with E-state index in [1.807, 2.05) is 39.9 Å². The summed E-state index contributed by atoms with van der Waals surface area (Å²) in [6.07, 6.45) is 3.99. The van der Waals surface area contributed by atoms with Crippen molar-refractivity contribution >= 4 is 21.8 Å². The molecule has 1 fully saturated rings. The van der Waals surface area contributed by atoms with Gasteiger partial charge < -0.3 is 14.2 Å². The molecule has 2 aromatic rings. The van der Waals surface area contributed by atoms with E-state index in [1.54, 1.807) is 7.11 Å². The van der Waals surface area contributed by atoms with E-state index >= 15 is 0 Å². The molecule has 1 aliphatic heterocycles. The van der Waals surface area contributed by atoms with Crippen LogP contribution in [0.3, 0.4) is 0 Å². The molecule has 0 saturated carbocycles. The second kappa shape index (κ2) is 7.01. The van der Waals surface area contributed by atoms with E-state index in [2.05, 4.69) is 35.8 Å². The van der Waals surface area contributed by atoms with E-state index in [0.717, 1.165) is 40.9 Å². The Morgan fingerprint density at radius 2 is 2.12 bits per heavy atom. The third kappa shape index (κ3) is 3.22. The van der Waals surface area contributed by atoms with Gasteiger partial charge in [0, 0.05) is 23.3 Å². The third-order valence-corrected chi connectivity index (χ3v) is 5.02. The van der Waals surface area contributed by atoms with Crippen molar-refractivity contribution in [2.45, 2.75) is 38.8 Å². The molecule has 1 aromatic carbocycles. The van der Waals surface area contributed by atoms with Gasteiger partial charge in [-0.3, -0.25) is 4.79 Å². The largest absolute Gasteiger partial charge is 0.497 e. The minimum absolute atomic E-state index is 0.0970. The molecule has 5 heteroatoms. The summed E-state index contributed by atoms with van der Waals surface area (Å²) in [7, 11) is 1.67. The zero-order valence-electron chi connectivity index (χ0n) is 14.3. The first-order chi connectivity index (χ1) is 11.5. The van der Waals surface area contributed by atoms with Crippen molar-refractivity contribution < 1.29 is 9.53 Å². The van der Waals surface area contributed by atoms with Crippen molar-refractivity contribution in [2.24, 2.45) is 0 Å². The number of hydrogen-bond donors (Lipinski definition) is 0. The number of rotatable bonds is 4. The standard InChI is InChI=1S/C19H23BrN2O2/c1-13(2)22-12-15(20)11-18(22)19(23)21-9-5-8-17(21)14-6-4-7-16(10-14)24-3/h4,6-7,10-13,17H,5,8-9H2,1-3H3. The van der Waals surface area contributed by atoms with E-state index in [0.29, 0.717) is 0 Å². The fourth-order valence-electron chi connectivity index (χ4n) is 3.40. The van der Waals surface area contributed by atoms with Crippen LogP contribution in [0.2, 0.25) is 0 Å². The van der Waals surface area contributed by atoms with Crippen LogP contribution in [0.4, 0.5) is 0 Å². The zero-order valence-corrected chi connectivity index (χ0v) is 15.9. The highest BCUT2D eigenvalue weighted by molar-refractivity contribution is 9.10. The summed E-state index contributed by atoms with van der Waals surface area (Å²) in [5, 5.41) is 0. The molecule has 0 radical (unpaired) electrons. The Morgan fingerprint density at radius 3 is 2.83 bits per heavy atom. The van der Waals surface area contributed by atoms with Gasteiger partial charge in [0.2, 0.25) is 0 Å². The van der Waals surface area contributed by atoms with Crippen LogP contribution >= 0.6 is 15.9 Å². The number of carbonyl (C=O) groups is 1. The lowest BCUT2D eigenvalue weighted by atomic mass is 10.0. The molecular formula is C19H23BrN2O2. The Kier molecular flexibility index (Phi) is 4.99. The van der Waals surface area contributed by atoms with E-state index in [-0.39, 0.29) is 18.0 Å². The molecular weight excluding hydrogens is 368 g/mol. The summed E-state index contributed by atoms with van der Waals surface area (Å²) in [6, 6.07) is 10.3. The SMILES string of the molecule is COc1cccc(C2CCCN2C(=O)c2cc(Br)cn2C(C)C)c1. The molecule has 4 nitrogen and oxygen atoms in total. The van der Waals surface area contributed by atoms with Crippen LogP contribution in [0.15, 0.2) is 41.0 Å². The molecule has 1 atom stereocenters. The lowest BCUT2D eigenvalue weighted by Gasteiger charge is -2.26. The Hall–Kier alpha value is -1.75. The molecule has 0 bridgehead atoms. The van der Waals surface area contributed by atoms with Gasteiger partial charge in [-0.2, -0.15) is 0 Å². The normalized spacial score (nSPS) is 17.5. The second-order valence-corrected chi connectivity index (χ2v) is 7.39. The van der Waals surface area contributed by atoms with E-state index in [9.17, 15) is 4.79 Å². The number of nitrogens with zero attached hydrogens (tertiary/aromatic N) is 2. The number of methoxy groups -OCH3 is 1. The molecule has 1 aromatic heterocycles. The Balaban J connectivity index is 1.91. The number of amides is 1. The number of halogens is 1. The molecule has 128 valence electrons. The predicted molar refractivity (Wildman–Crippen MR) is 98.5 cm³/mol. The zero-order chi connectivity index (χ0) is 17.3. The molecule has 3 rings (SSSR count). The summed E-state index contributed by atoms with van der Waals surface area (Å²) >= 11 is 3.50. The molecule has 0 N–H and O–H groups in total. The Morgan fingerprint density at radius 1 is 1.33 bits per heavy atom. The Bertz CT molecular complexity index is 739. The summed E-state index contributed by atoms with van der Waals surface area (Å²) in [6.45, 7) is 4.97. The monoisotopic (exact) mass is 390 g/mol. The van der Waals surface area contributed by atoms with Crippen LogP contribution in [0, 0.1) is 0 Å². The summed E-state index contributed by atoms with van der Waals surface area (Å²) < 4.78 is 8.31. The molecule has 2 heterocycles. The van der Waals surface area contributed by atoms with Crippen molar-refractivity contribution in [1.82, 2.24) is 9.47 Å². The topological polar surface area (TPSA) is 34.5 Å². The van der Waals surface area contributed by atoms with Gasteiger partial charge >= 0.3 is 0 Å². The maximum atomic E-state index is 13.2. The summed E-state index contributed by atoms with van der Waals surface area (Å²) in [4.78, 5) is 15.2. The highest BCUT2D eigenvalue weighted by Gasteiger charge is 2.32. The van der Waals surface area contributed by atoms with Gasteiger partial charge in [0.05, 0.1) is 13.2 Å². The maximum absolute atomic E-state index is 13.2. The van der Waals surface area contributed by atoms with E-state index in [1.165, 1.54) is 0 Å². The average molecular weight is 391 g/mol. The van der Waals surface area contributed by atoms with Crippen LogP contribution in [0.5, 0.6) is 5.75 Å². The smallest absolute Gasteiger partial charge is 0.271 e. The van der Waals surface area contributed by atoms with Crippen molar-refractivity contribution in [3.8, 4) is 5.75 Å². The third-order valence-electron chi connectivity index (χ3n) is 4.58. The predicted octanol–water partition coefficient (Wildman–Crippen LogP) is 4.82. The van der Waals surface area contributed by atoms with Crippen LogP contribution < -0.4 is 4.74 Å². The fraction of sp³-hybridized carbons (Fsp3) is 0.421. The number of likely N-dealkylation sites (tertiary alicyclic amines) is 1. The number of aromatic nitrogens is 1. The molecule has 1 unspecified atom stereocenters. The van der Waals surface area contributed by atoms with Crippen molar-refractivity contribution in [3.05, 3.63) is 52.3 Å². The highest BCUT2D eigenvalue weighted by atomic mass is 79.9. The van der Waals surface area contributed by atoms with Gasteiger partial charge in [-0.15, -0.1) is 0 Å². The van der Waals surface area contributed by atoms with Gasteiger partial charge in [-0.1, -0.05) is 12.1 Å². The first-order valence-electron chi connectivity index (χ1n) is 8.33. The second-order valence-electron chi connectivity index (χ2n) is 6.48. The minimum atomic E-state index is 0.0970. The van der Waals surface area contributed by atoms with E-state index in [4.69, 9.17) is 4.74 Å². The van der Waals surface area contributed by atoms with Gasteiger partial charge in [0.25, 0.3) is 5.91 Å². The van der Waals surface area contributed by atoms with Gasteiger partial charge in [0.15, 0.2) is 0 Å². The molecule has 1 amide bonds. The quantitative estimate of drug-likeness (QED) is 0.749. The minimum Gasteiger partial charge on any atom is -0.497 e. The van der Waals surface area contributed by atoms with Crippen LogP contribution in [-0.2, 0) is 0 Å². The lowest BCUT2D eigenvalue weighted by molar-refractivity contribution is 0.0723. The lowest BCUT2D eigenvalue weighted by Crippen LogP contribution is -2.32. The summed E-state index contributed by atoms with van der Waals surface area (Å²) in [5.41, 5.74) is 1.88. The van der Waals surface area contributed by atoms with Crippen molar-refractivity contribution in [2.75, 3.05) is 13.7 Å². The number of hydrogen-bond acceptors (Lipinski definition) is 2. The number of ether oxygens (including phenoxy) is 1. The Labute approximate surface area is 151 Å². The van der Waals surface area contributed by atoms with Crippen LogP contribution in [-0.4, -0.2) is 29.0 Å². The van der Waals surface area contributed by atoms with E-state index < -0.39 is 0 Å². The first-order valence-corrected chi connectivity index (χ1v) is 9.13. The van der Waals surface area contributed by atoms with Crippen molar-refractivity contribution in [1.29, 1.82) is 0 Å². The van der Waals surface area contributed by atoms with Gasteiger partial charge in [0.1, 0.15) is 11.4 Å². The number of benzene rings is 1. The molecule has 0 aliphatic carbocycles. The molecule has 1 saturated heterocycles. The van der Waals surface area contributed by atoms with Crippen LogP contribution in [0.1, 0.15) is 54.8 Å². The fourth-order valence-corrected chi connectivity index (χ4v) is 3.83.